The molecule has 0 saturated carbocycles. The maximum Gasteiger partial charge on any atom is 0.111 e. The maximum atomic E-state index is 9.65. The fourth-order valence-electron chi connectivity index (χ4n) is 1.64. The van der Waals surface area contributed by atoms with E-state index in [0.717, 1.165) is 5.57 Å². The lowest BCUT2D eigenvalue weighted by Gasteiger charge is -2.39. The molecule has 5 heteroatoms. The molecule has 1 saturated heterocycles. The second-order valence-electron chi connectivity index (χ2n) is 3.94. The van der Waals surface area contributed by atoms with Crippen LogP contribution in [-0.2, 0) is 4.74 Å². The van der Waals surface area contributed by atoms with E-state index >= 15 is 0 Å². The Bertz CT molecular complexity index is 233. The first-order valence-corrected chi connectivity index (χ1v) is 5.43. The highest BCUT2D eigenvalue weighted by Gasteiger charge is 2.41. The minimum Gasteiger partial charge on any atom is -0.388 e. The van der Waals surface area contributed by atoms with Crippen LogP contribution < -0.4 is 0 Å². The van der Waals surface area contributed by atoms with E-state index in [-0.39, 0.29) is 0 Å². The van der Waals surface area contributed by atoms with Crippen LogP contribution in [0.5, 0.6) is 0 Å². The summed E-state index contributed by atoms with van der Waals surface area (Å²) in [6.45, 7) is 5.35. The molecule has 1 rings (SSSR count). The number of ether oxygens (including phenoxy) is 1. The number of aliphatic hydroxyl groups excluding tert-OH is 3. The van der Waals surface area contributed by atoms with E-state index < -0.39 is 30.5 Å². The molecular weight excluding hydrogens is 220 g/mol. The summed E-state index contributed by atoms with van der Waals surface area (Å²) < 4.78 is 5.37. The van der Waals surface area contributed by atoms with Gasteiger partial charge in [-0.2, -0.15) is 0 Å². The Hall–Kier alpha value is -0.130. The van der Waals surface area contributed by atoms with Crippen molar-refractivity contribution in [3.63, 3.8) is 0 Å². The lowest BCUT2D eigenvalue weighted by atomic mass is 9.92. The van der Waals surface area contributed by atoms with Gasteiger partial charge >= 0.3 is 0 Å². The molecule has 88 valence electrons. The Morgan fingerprint density at radius 2 is 1.87 bits per heavy atom. The minimum absolute atomic E-state index is 0.291. The first-order chi connectivity index (χ1) is 6.97. The highest BCUT2D eigenvalue weighted by atomic mass is 35.5. The van der Waals surface area contributed by atoms with Crippen LogP contribution >= 0.6 is 11.6 Å². The molecule has 3 N–H and O–H groups in total. The fraction of sp³-hybridized carbons (Fsp3) is 0.800. The van der Waals surface area contributed by atoms with Gasteiger partial charge in [0.25, 0.3) is 0 Å². The van der Waals surface area contributed by atoms with Crippen molar-refractivity contribution in [2.75, 3.05) is 5.88 Å². The van der Waals surface area contributed by atoms with Crippen molar-refractivity contribution >= 4 is 11.6 Å². The van der Waals surface area contributed by atoms with Crippen LogP contribution in [0.4, 0.5) is 0 Å². The molecule has 1 heterocycles. The zero-order valence-electron chi connectivity index (χ0n) is 8.64. The van der Waals surface area contributed by atoms with E-state index in [0.29, 0.717) is 12.3 Å². The van der Waals surface area contributed by atoms with Crippen LogP contribution in [0.2, 0.25) is 0 Å². The summed E-state index contributed by atoms with van der Waals surface area (Å²) in [6.07, 6.45) is -4.00. The molecule has 0 unspecified atom stereocenters. The minimum atomic E-state index is -1.18. The second kappa shape index (κ2) is 5.27. The average molecular weight is 237 g/mol. The monoisotopic (exact) mass is 236 g/mol. The molecule has 0 spiro atoms. The van der Waals surface area contributed by atoms with Gasteiger partial charge in [0.1, 0.15) is 18.3 Å². The third-order valence-electron chi connectivity index (χ3n) is 2.63. The van der Waals surface area contributed by atoms with Crippen molar-refractivity contribution < 1.29 is 20.1 Å². The Labute approximate surface area is 94.1 Å². The Balaban J connectivity index is 2.62. The molecule has 1 aliphatic rings. The highest BCUT2D eigenvalue weighted by Crippen LogP contribution is 2.24. The van der Waals surface area contributed by atoms with E-state index in [1.165, 1.54) is 0 Å². The number of rotatable bonds is 3. The zero-order valence-corrected chi connectivity index (χ0v) is 9.39. The molecule has 15 heavy (non-hydrogen) atoms. The second-order valence-corrected chi connectivity index (χ2v) is 4.21. The number of hydrogen-bond acceptors (Lipinski definition) is 4. The summed E-state index contributed by atoms with van der Waals surface area (Å²) in [5.74, 6) is 0.291. The topological polar surface area (TPSA) is 69.9 Å². The highest BCUT2D eigenvalue weighted by molar-refractivity contribution is 6.19. The molecule has 1 fully saturated rings. The molecule has 0 aliphatic carbocycles. The molecule has 4 nitrogen and oxygen atoms in total. The summed E-state index contributed by atoms with van der Waals surface area (Å²) in [5, 5.41) is 28.6. The molecule has 5 atom stereocenters. The molecule has 0 radical (unpaired) electrons. The van der Waals surface area contributed by atoms with Crippen molar-refractivity contribution in [1.82, 2.24) is 0 Å². The van der Waals surface area contributed by atoms with E-state index in [9.17, 15) is 15.3 Å². The summed E-state index contributed by atoms with van der Waals surface area (Å²) in [5.41, 5.74) is 0.733. The van der Waals surface area contributed by atoms with Crippen LogP contribution in [0.1, 0.15) is 13.3 Å². The van der Waals surface area contributed by atoms with Gasteiger partial charge < -0.3 is 20.1 Å². The lowest BCUT2D eigenvalue weighted by molar-refractivity contribution is -0.216. The van der Waals surface area contributed by atoms with E-state index in [2.05, 4.69) is 6.58 Å². The van der Waals surface area contributed by atoms with Gasteiger partial charge in [-0.25, -0.2) is 0 Å². The molecule has 0 aromatic rings. The summed E-state index contributed by atoms with van der Waals surface area (Å²) in [6, 6.07) is 0. The van der Waals surface area contributed by atoms with Crippen LogP contribution in [0.15, 0.2) is 12.2 Å². The van der Waals surface area contributed by atoms with Crippen LogP contribution in [-0.4, -0.2) is 51.7 Å². The van der Waals surface area contributed by atoms with Gasteiger partial charge in [0.2, 0.25) is 0 Å². The number of hydrogen-bond donors (Lipinski definition) is 3. The normalized spacial score (nSPS) is 41.5. The third-order valence-corrected chi connectivity index (χ3v) is 3.01. The van der Waals surface area contributed by atoms with Gasteiger partial charge in [-0.3, -0.25) is 0 Å². The van der Waals surface area contributed by atoms with Crippen molar-refractivity contribution in [2.45, 2.75) is 43.9 Å². The van der Waals surface area contributed by atoms with Gasteiger partial charge in [0.05, 0.1) is 12.2 Å². The van der Waals surface area contributed by atoms with Crippen LogP contribution in [0, 0.1) is 0 Å². The molecule has 0 bridgehead atoms. The predicted molar refractivity (Wildman–Crippen MR) is 56.8 cm³/mol. The van der Waals surface area contributed by atoms with Gasteiger partial charge in [-0.05, 0) is 13.3 Å². The summed E-state index contributed by atoms with van der Waals surface area (Å²) in [7, 11) is 0. The fourth-order valence-corrected chi connectivity index (χ4v) is 1.75. The van der Waals surface area contributed by atoms with Crippen molar-refractivity contribution in [2.24, 2.45) is 0 Å². The smallest absolute Gasteiger partial charge is 0.111 e. The number of alkyl halides is 1. The summed E-state index contributed by atoms with van der Waals surface area (Å²) >= 11 is 5.57. The van der Waals surface area contributed by atoms with Gasteiger partial charge in [-0.15, -0.1) is 11.6 Å². The molecule has 0 aromatic heterocycles. The predicted octanol–water partition coefficient (Wildman–Crippen LogP) is 0.0415. The van der Waals surface area contributed by atoms with Crippen LogP contribution in [0.25, 0.3) is 0 Å². The summed E-state index contributed by atoms with van der Waals surface area (Å²) in [4.78, 5) is 0. The Morgan fingerprint density at radius 1 is 1.27 bits per heavy atom. The largest absolute Gasteiger partial charge is 0.388 e. The Morgan fingerprint density at radius 3 is 2.40 bits per heavy atom. The first-order valence-electron chi connectivity index (χ1n) is 4.89. The number of aliphatic hydroxyl groups is 3. The average Bonchev–Trinajstić information content (AvgIpc) is 2.22. The maximum absolute atomic E-state index is 9.65. The van der Waals surface area contributed by atoms with Crippen molar-refractivity contribution in [3.8, 4) is 0 Å². The Kier molecular flexibility index (Phi) is 4.55. The van der Waals surface area contributed by atoms with Crippen molar-refractivity contribution in [1.29, 1.82) is 0 Å². The number of halogens is 1. The molecule has 0 aromatic carbocycles. The molecular formula is C10H17ClO4. The van der Waals surface area contributed by atoms with Gasteiger partial charge in [0.15, 0.2) is 0 Å². The SMILES string of the molecule is C=C(CCl)C[C@@H]1O[C@@H](C)[C@@H](O)[C@@H](O)[C@@H]1O. The van der Waals surface area contributed by atoms with Crippen LogP contribution in [0.3, 0.4) is 0 Å². The zero-order chi connectivity index (χ0) is 11.6. The van der Waals surface area contributed by atoms with E-state index in [1.807, 2.05) is 0 Å². The third kappa shape index (κ3) is 2.92. The van der Waals surface area contributed by atoms with Gasteiger partial charge in [0, 0.05) is 5.88 Å². The van der Waals surface area contributed by atoms with Gasteiger partial charge in [-0.1, -0.05) is 12.2 Å². The first kappa shape index (κ1) is 12.9. The van der Waals surface area contributed by atoms with E-state index in [1.54, 1.807) is 6.92 Å². The molecule has 1 aliphatic heterocycles. The van der Waals surface area contributed by atoms with E-state index in [4.69, 9.17) is 16.3 Å². The lowest BCUT2D eigenvalue weighted by Crippen LogP contribution is -2.56. The standard InChI is InChI=1S/C10H17ClO4/c1-5(4-11)3-7-9(13)10(14)8(12)6(2)15-7/h6-10,12-14H,1,3-4H2,2H3/t6-,7-,8+,9+,10+/m0/s1. The van der Waals surface area contributed by atoms with Crippen molar-refractivity contribution in [3.05, 3.63) is 12.2 Å². The quantitative estimate of drug-likeness (QED) is 0.478. The molecule has 0 amide bonds.